The van der Waals surface area contributed by atoms with Gasteiger partial charge in [-0.1, -0.05) is 68.9 Å². The van der Waals surface area contributed by atoms with E-state index in [1.54, 1.807) is 0 Å². The molecular weight excluding hydrogens is 354 g/mol. The lowest BCUT2D eigenvalue weighted by Crippen LogP contribution is -2.14. The van der Waals surface area contributed by atoms with Crippen LogP contribution in [0.25, 0.3) is 0 Å². The molecule has 0 saturated carbocycles. The van der Waals surface area contributed by atoms with Crippen molar-refractivity contribution in [1.29, 1.82) is 5.26 Å². The average molecular weight is 375 g/mol. The van der Waals surface area contributed by atoms with Crippen LogP contribution in [0.2, 0.25) is 0 Å². The van der Waals surface area contributed by atoms with E-state index in [0.717, 1.165) is 17.0 Å². The fourth-order valence-electron chi connectivity index (χ4n) is 2.41. The molecule has 5 heteroatoms. The van der Waals surface area contributed by atoms with Crippen molar-refractivity contribution >= 4 is 11.8 Å². The van der Waals surface area contributed by atoms with Crippen LogP contribution in [0.15, 0.2) is 65.8 Å². The monoisotopic (exact) mass is 375 g/mol. The second-order valence-corrected chi connectivity index (χ2v) is 8.04. The number of hydrogen-bond donors (Lipinski definition) is 0. The van der Waals surface area contributed by atoms with Gasteiger partial charge in [0.2, 0.25) is 5.88 Å². The molecule has 0 aliphatic rings. The topological polar surface area (TPSA) is 58.8 Å². The highest BCUT2D eigenvalue weighted by Gasteiger charge is 2.19. The third-order valence-corrected chi connectivity index (χ3v) is 4.81. The zero-order valence-electron chi connectivity index (χ0n) is 15.6. The summed E-state index contributed by atoms with van der Waals surface area (Å²) in [4.78, 5) is 9.27. The molecule has 136 valence electrons. The number of hydrogen-bond acceptors (Lipinski definition) is 5. The van der Waals surface area contributed by atoms with Gasteiger partial charge in [0.15, 0.2) is 5.16 Å². The average Bonchev–Trinajstić information content (AvgIpc) is 2.66. The highest BCUT2D eigenvalue weighted by molar-refractivity contribution is 7.98. The lowest BCUT2D eigenvalue weighted by atomic mass is 9.92. The van der Waals surface area contributed by atoms with E-state index < -0.39 is 0 Å². The summed E-state index contributed by atoms with van der Waals surface area (Å²) in [5.41, 5.74) is 2.44. The molecule has 3 aromatic rings. The minimum absolute atomic E-state index is 0.127. The van der Waals surface area contributed by atoms with Crippen molar-refractivity contribution in [3.05, 3.63) is 77.5 Å². The number of benzene rings is 2. The van der Waals surface area contributed by atoms with Gasteiger partial charge in [-0.05, 0) is 23.8 Å². The van der Waals surface area contributed by atoms with Crippen LogP contribution < -0.4 is 4.74 Å². The Morgan fingerprint density at radius 3 is 2.41 bits per heavy atom. The molecule has 0 saturated heterocycles. The first-order chi connectivity index (χ1) is 13.0. The SMILES string of the molecule is CC(C)(C)c1cc(Oc2ccccc2)nc(SCc2ccccc2C#N)n1. The summed E-state index contributed by atoms with van der Waals surface area (Å²) in [6, 6.07) is 21.3. The van der Waals surface area contributed by atoms with Crippen molar-refractivity contribution in [2.75, 3.05) is 0 Å². The van der Waals surface area contributed by atoms with Crippen molar-refractivity contribution < 1.29 is 4.74 Å². The second-order valence-electron chi connectivity index (χ2n) is 7.10. The molecule has 0 spiro atoms. The maximum absolute atomic E-state index is 9.26. The van der Waals surface area contributed by atoms with Crippen molar-refractivity contribution in [3.8, 4) is 17.7 Å². The molecule has 3 rings (SSSR count). The Morgan fingerprint density at radius 2 is 1.70 bits per heavy atom. The van der Waals surface area contributed by atoms with E-state index in [1.165, 1.54) is 11.8 Å². The second kappa shape index (κ2) is 8.24. The maximum atomic E-state index is 9.26. The Hall–Kier alpha value is -2.84. The number of para-hydroxylation sites is 1. The third kappa shape index (κ3) is 5.08. The van der Waals surface area contributed by atoms with Crippen LogP contribution in [-0.4, -0.2) is 9.97 Å². The van der Waals surface area contributed by atoms with Gasteiger partial charge in [-0.15, -0.1) is 0 Å². The number of nitrogens with zero attached hydrogens (tertiary/aromatic N) is 3. The third-order valence-electron chi connectivity index (χ3n) is 3.91. The molecule has 0 atom stereocenters. The molecule has 0 amide bonds. The fourth-order valence-corrected chi connectivity index (χ4v) is 3.27. The van der Waals surface area contributed by atoms with E-state index in [4.69, 9.17) is 9.72 Å². The zero-order chi connectivity index (χ0) is 19.3. The molecule has 0 fully saturated rings. The Bertz CT molecular complexity index is 959. The predicted molar refractivity (Wildman–Crippen MR) is 108 cm³/mol. The quantitative estimate of drug-likeness (QED) is 0.421. The first kappa shape index (κ1) is 18.9. The molecule has 1 heterocycles. The molecule has 0 unspecified atom stereocenters. The zero-order valence-corrected chi connectivity index (χ0v) is 16.5. The lowest BCUT2D eigenvalue weighted by molar-refractivity contribution is 0.447. The summed E-state index contributed by atoms with van der Waals surface area (Å²) >= 11 is 1.50. The minimum Gasteiger partial charge on any atom is -0.439 e. The Labute approximate surface area is 164 Å². The maximum Gasteiger partial charge on any atom is 0.223 e. The van der Waals surface area contributed by atoms with E-state index in [9.17, 15) is 5.26 Å². The van der Waals surface area contributed by atoms with Gasteiger partial charge in [0, 0.05) is 17.2 Å². The molecule has 2 aromatic carbocycles. The van der Waals surface area contributed by atoms with Gasteiger partial charge < -0.3 is 4.74 Å². The lowest BCUT2D eigenvalue weighted by Gasteiger charge is -2.19. The normalized spacial score (nSPS) is 11.0. The van der Waals surface area contributed by atoms with Gasteiger partial charge in [-0.25, -0.2) is 4.98 Å². The van der Waals surface area contributed by atoms with E-state index in [2.05, 4.69) is 31.8 Å². The first-order valence-corrected chi connectivity index (χ1v) is 9.67. The van der Waals surface area contributed by atoms with E-state index >= 15 is 0 Å². The number of nitriles is 1. The van der Waals surface area contributed by atoms with Gasteiger partial charge >= 0.3 is 0 Å². The van der Waals surface area contributed by atoms with E-state index in [1.807, 2.05) is 60.7 Å². The van der Waals surface area contributed by atoms with E-state index in [-0.39, 0.29) is 5.41 Å². The summed E-state index contributed by atoms with van der Waals surface area (Å²) in [5, 5.41) is 9.90. The Balaban J connectivity index is 1.87. The molecule has 4 nitrogen and oxygen atoms in total. The summed E-state index contributed by atoms with van der Waals surface area (Å²) < 4.78 is 5.93. The van der Waals surface area contributed by atoms with Gasteiger partial charge in [-0.3, -0.25) is 0 Å². The van der Waals surface area contributed by atoms with Crippen LogP contribution in [0.1, 0.15) is 37.6 Å². The molecule has 0 aliphatic heterocycles. The van der Waals surface area contributed by atoms with Gasteiger partial charge in [0.25, 0.3) is 0 Å². The first-order valence-electron chi connectivity index (χ1n) is 8.69. The number of ether oxygens (including phenoxy) is 1. The van der Waals surface area contributed by atoms with Crippen molar-refractivity contribution in [2.45, 2.75) is 37.1 Å². The summed E-state index contributed by atoms with van der Waals surface area (Å²) in [6.07, 6.45) is 0. The number of thioether (sulfide) groups is 1. The Kier molecular flexibility index (Phi) is 5.78. The van der Waals surface area contributed by atoms with Crippen molar-refractivity contribution in [2.24, 2.45) is 0 Å². The number of aromatic nitrogens is 2. The van der Waals surface area contributed by atoms with Gasteiger partial charge in [0.05, 0.1) is 17.3 Å². The molecule has 0 bridgehead atoms. The van der Waals surface area contributed by atoms with Gasteiger partial charge in [-0.2, -0.15) is 10.2 Å². The largest absolute Gasteiger partial charge is 0.439 e. The standard InChI is InChI=1S/C22H21N3OS/c1-22(2,3)19-13-20(26-18-11-5-4-6-12-18)25-21(24-19)27-15-17-10-8-7-9-16(17)14-23/h4-13H,15H2,1-3H3. The van der Waals surface area contributed by atoms with Crippen LogP contribution in [0.5, 0.6) is 11.6 Å². The van der Waals surface area contributed by atoms with E-state index in [0.29, 0.717) is 22.4 Å². The highest BCUT2D eigenvalue weighted by Crippen LogP contribution is 2.30. The highest BCUT2D eigenvalue weighted by atomic mass is 32.2. The minimum atomic E-state index is -0.127. The molecular formula is C22H21N3OS. The smallest absolute Gasteiger partial charge is 0.223 e. The molecule has 0 aliphatic carbocycles. The van der Waals surface area contributed by atoms with Crippen LogP contribution in [0.3, 0.4) is 0 Å². The predicted octanol–water partition coefficient (Wildman–Crippen LogP) is 5.73. The van der Waals surface area contributed by atoms with Crippen LogP contribution in [0, 0.1) is 11.3 Å². The van der Waals surface area contributed by atoms with Gasteiger partial charge in [0.1, 0.15) is 5.75 Å². The summed E-state index contributed by atoms with van der Waals surface area (Å²) in [5.74, 6) is 1.89. The van der Waals surface area contributed by atoms with Crippen molar-refractivity contribution in [3.63, 3.8) is 0 Å². The molecule has 0 radical (unpaired) electrons. The van der Waals surface area contributed by atoms with Crippen LogP contribution >= 0.6 is 11.8 Å². The Morgan fingerprint density at radius 1 is 1.00 bits per heavy atom. The van der Waals surface area contributed by atoms with Crippen LogP contribution in [-0.2, 0) is 11.2 Å². The summed E-state index contributed by atoms with van der Waals surface area (Å²) in [7, 11) is 0. The molecule has 27 heavy (non-hydrogen) atoms. The van der Waals surface area contributed by atoms with Crippen LogP contribution in [0.4, 0.5) is 0 Å². The number of rotatable bonds is 5. The van der Waals surface area contributed by atoms with Crippen molar-refractivity contribution in [1.82, 2.24) is 9.97 Å². The molecule has 1 aromatic heterocycles. The summed E-state index contributed by atoms with van der Waals surface area (Å²) in [6.45, 7) is 6.34. The fraction of sp³-hybridized carbons (Fsp3) is 0.227. The molecule has 0 N–H and O–H groups in total.